The Balaban J connectivity index is 1.62. The quantitative estimate of drug-likeness (QED) is 0.724. The van der Waals surface area contributed by atoms with Crippen molar-refractivity contribution in [2.24, 2.45) is 5.92 Å². The van der Waals surface area contributed by atoms with Gasteiger partial charge >= 0.3 is 0 Å². The van der Waals surface area contributed by atoms with E-state index in [0.717, 1.165) is 36.4 Å². The molecule has 4 heteroatoms. The van der Waals surface area contributed by atoms with Crippen LogP contribution in [0.15, 0.2) is 55.0 Å². The Hall–Kier alpha value is -2.20. The van der Waals surface area contributed by atoms with Crippen LogP contribution in [0.4, 0.5) is 0 Å². The fraction of sp³-hybridized carbons (Fsp3) is 0.368. The van der Waals surface area contributed by atoms with Gasteiger partial charge in [-0.15, -0.1) is 0 Å². The second-order valence-electron chi connectivity index (χ2n) is 6.34. The van der Waals surface area contributed by atoms with Gasteiger partial charge in [-0.25, -0.2) is 4.98 Å². The minimum atomic E-state index is 0.299. The van der Waals surface area contributed by atoms with Crippen LogP contribution in [0.2, 0.25) is 0 Å². The Bertz CT molecular complexity index is 700. The first-order chi connectivity index (χ1) is 11.2. The van der Waals surface area contributed by atoms with E-state index in [2.05, 4.69) is 51.9 Å². The Morgan fingerprint density at radius 2 is 2.00 bits per heavy atom. The number of nitrogens with zero attached hydrogens (tertiary/aromatic N) is 3. The summed E-state index contributed by atoms with van der Waals surface area (Å²) < 4.78 is 2.07. The van der Waals surface area contributed by atoms with Crippen molar-refractivity contribution >= 4 is 5.65 Å². The molecule has 3 aromatic rings. The normalized spacial score (nSPS) is 12.8. The zero-order chi connectivity index (χ0) is 16.1. The minimum absolute atomic E-state index is 0.299. The zero-order valence-corrected chi connectivity index (χ0v) is 13.8. The van der Waals surface area contributed by atoms with Gasteiger partial charge in [0.25, 0.3) is 0 Å². The Kier molecular flexibility index (Phi) is 5.03. The molecule has 1 atom stereocenters. The van der Waals surface area contributed by atoms with E-state index in [1.165, 1.54) is 0 Å². The van der Waals surface area contributed by atoms with Crippen LogP contribution in [0.25, 0.3) is 5.65 Å². The van der Waals surface area contributed by atoms with Crippen molar-refractivity contribution in [1.82, 2.24) is 19.7 Å². The largest absolute Gasteiger partial charge is 0.308 e. The SMILES string of the molecule is CC(C)CC(NCCc1cn2ccccc2n1)c1ccccn1. The van der Waals surface area contributed by atoms with E-state index in [4.69, 9.17) is 0 Å². The minimum Gasteiger partial charge on any atom is -0.308 e. The van der Waals surface area contributed by atoms with Gasteiger partial charge in [0.05, 0.1) is 11.4 Å². The molecule has 1 unspecified atom stereocenters. The predicted octanol–water partition coefficient (Wildman–Crippen LogP) is 3.65. The average Bonchev–Trinajstić information content (AvgIpc) is 2.97. The second kappa shape index (κ2) is 7.38. The number of nitrogens with one attached hydrogen (secondary N) is 1. The molecule has 120 valence electrons. The smallest absolute Gasteiger partial charge is 0.136 e. The van der Waals surface area contributed by atoms with Gasteiger partial charge in [0.2, 0.25) is 0 Å². The molecular formula is C19H24N4. The third-order valence-electron chi connectivity index (χ3n) is 3.94. The molecule has 0 aliphatic rings. The van der Waals surface area contributed by atoms with Crippen molar-refractivity contribution < 1.29 is 0 Å². The summed E-state index contributed by atoms with van der Waals surface area (Å²) in [7, 11) is 0. The van der Waals surface area contributed by atoms with Crippen LogP contribution in [0.5, 0.6) is 0 Å². The van der Waals surface area contributed by atoms with Crippen LogP contribution in [0.1, 0.15) is 37.7 Å². The first-order valence-corrected chi connectivity index (χ1v) is 8.29. The molecule has 3 aromatic heterocycles. The fourth-order valence-electron chi connectivity index (χ4n) is 2.84. The molecule has 0 saturated heterocycles. The van der Waals surface area contributed by atoms with Crippen molar-refractivity contribution in [2.45, 2.75) is 32.7 Å². The van der Waals surface area contributed by atoms with Crippen LogP contribution in [0.3, 0.4) is 0 Å². The lowest BCUT2D eigenvalue weighted by molar-refractivity contribution is 0.424. The third kappa shape index (κ3) is 4.17. The zero-order valence-electron chi connectivity index (χ0n) is 13.8. The summed E-state index contributed by atoms with van der Waals surface area (Å²) in [5, 5.41) is 3.65. The molecule has 0 saturated carbocycles. The van der Waals surface area contributed by atoms with Crippen LogP contribution in [-0.4, -0.2) is 20.9 Å². The highest BCUT2D eigenvalue weighted by atomic mass is 15.0. The highest BCUT2D eigenvalue weighted by Crippen LogP contribution is 2.19. The van der Waals surface area contributed by atoms with E-state index in [0.29, 0.717) is 12.0 Å². The number of aromatic nitrogens is 3. The van der Waals surface area contributed by atoms with Crippen LogP contribution < -0.4 is 5.32 Å². The Morgan fingerprint density at radius 3 is 2.74 bits per heavy atom. The molecule has 0 bridgehead atoms. The molecule has 0 aliphatic carbocycles. The molecule has 4 nitrogen and oxygen atoms in total. The maximum Gasteiger partial charge on any atom is 0.136 e. The van der Waals surface area contributed by atoms with Gasteiger partial charge in [0.1, 0.15) is 5.65 Å². The molecule has 0 aromatic carbocycles. The monoisotopic (exact) mass is 308 g/mol. The first-order valence-electron chi connectivity index (χ1n) is 8.29. The second-order valence-corrected chi connectivity index (χ2v) is 6.34. The molecule has 0 fully saturated rings. The number of fused-ring (bicyclic) bond motifs is 1. The van der Waals surface area contributed by atoms with Crippen LogP contribution >= 0.6 is 0 Å². The lowest BCUT2D eigenvalue weighted by atomic mass is 10.0. The number of pyridine rings is 2. The predicted molar refractivity (Wildman–Crippen MR) is 93.3 cm³/mol. The van der Waals surface area contributed by atoms with Gasteiger partial charge < -0.3 is 9.72 Å². The first kappa shape index (κ1) is 15.7. The third-order valence-corrected chi connectivity index (χ3v) is 3.94. The van der Waals surface area contributed by atoms with E-state index in [1.807, 2.05) is 36.7 Å². The maximum atomic E-state index is 4.65. The Morgan fingerprint density at radius 1 is 1.13 bits per heavy atom. The van der Waals surface area contributed by atoms with Gasteiger partial charge in [-0.3, -0.25) is 4.98 Å². The molecule has 0 spiro atoms. The summed E-state index contributed by atoms with van der Waals surface area (Å²) in [6.07, 6.45) is 8.02. The highest BCUT2D eigenvalue weighted by Gasteiger charge is 2.14. The highest BCUT2D eigenvalue weighted by molar-refractivity contribution is 5.39. The molecule has 23 heavy (non-hydrogen) atoms. The van der Waals surface area contributed by atoms with Gasteiger partial charge in [0.15, 0.2) is 0 Å². The molecule has 0 radical (unpaired) electrons. The molecule has 3 rings (SSSR count). The van der Waals surface area contributed by atoms with Crippen molar-refractivity contribution in [1.29, 1.82) is 0 Å². The molecular weight excluding hydrogens is 284 g/mol. The van der Waals surface area contributed by atoms with Crippen molar-refractivity contribution in [3.8, 4) is 0 Å². The molecule has 3 heterocycles. The summed E-state index contributed by atoms with van der Waals surface area (Å²) >= 11 is 0. The van der Waals surface area contributed by atoms with Crippen molar-refractivity contribution in [3.63, 3.8) is 0 Å². The number of hydrogen-bond donors (Lipinski definition) is 1. The Labute approximate surface area is 137 Å². The van der Waals surface area contributed by atoms with Crippen molar-refractivity contribution in [3.05, 3.63) is 66.4 Å². The van der Waals surface area contributed by atoms with E-state index in [-0.39, 0.29) is 0 Å². The number of imidazole rings is 1. The number of hydrogen-bond acceptors (Lipinski definition) is 3. The summed E-state index contributed by atoms with van der Waals surface area (Å²) in [5.74, 6) is 0.629. The average molecular weight is 308 g/mol. The summed E-state index contributed by atoms with van der Waals surface area (Å²) in [6.45, 7) is 5.40. The van der Waals surface area contributed by atoms with Gasteiger partial charge in [0, 0.05) is 37.6 Å². The van der Waals surface area contributed by atoms with E-state index >= 15 is 0 Å². The van der Waals surface area contributed by atoms with Crippen molar-refractivity contribution in [2.75, 3.05) is 6.54 Å². The van der Waals surface area contributed by atoms with Crippen LogP contribution in [0, 0.1) is 5.92 Å². The lowest BCUT2D eigenvalue weighted by Gasteiger charge is -2.20. The lowest BCUT2D eigenvalue weighted by Crippen LogP contribution is -2.25. The maximum absolute atomic E-state index is 4.65. The fourth-order valence-corrected chi connectivity index (χ4v) is 2.84. The topological polar surface area (TPSA) is 42.2 Å². The summed E-state index contributed by atoms with van der Waals surface area (Å²) in [4.78, 5) is 9.16. The molecule has 1 N–H and O–H groups in total. The molecule has 0 amide bonds. The number of rotatable bonds is 7. The standard InChI is InChI=1S/C19H24N4/c1-15(2)13-18(17-7-3-5-10-20-17)21-11-9-16-14-23-12-6-4-8-19(23)22-16/h3-8,10,12,14-15,18,21H,9,11,13H2,1-2H3. The van der Waals surface area contributed by atoms with Gasteiger partial charge in [-0.1, -0.05) is 26.0 Å². The van der Waals surface area contributed by atoms with E-state index in [1.54, 1.807) is 0 Å². The van der Waals surface area contributed by atoms with E-state index in [9.17, 15) is 0 Å². The van der Waals surface area contributed by atoms with Gasteiger partial charge in [-0.2, -0.15) is 0 Å². The molecule has 0 aliphatic heterocycles. The van der Waals surface area contributed by atoms with E-state index < -0.39 is 0 Å². The summed E-state index contributed by atoms with van der Waals surface area (Å²) in [5.41, 5.74) is 3.25. The van der Waals surface area contributed by atoms with Gasteiger partial charge in [-0.05, 0) is 36.6 Å². The summed E-state index contributed by atoms with van der Waals surface area (Å²) in [6, 6.07) is 12.5. The van der Waals surface area contributed by atoms with Crippen LogP contribution in [-0.2, 0) is 6.42 Å².